The van der Waals surface area contributed by atoms with Gasteiger partial charge in [-0.1, -0.05) is 12.2 Å². The smallest absolute Gasteiger partial charge is 0.166 e. The van der Waals surface area contributed by atoms with Gasteiger partial charge in [-0.05, 0) is 30.7 Å². The lowest BCUT2D eigenvalue weighted by atomic mass is 10.0. The van der Waals surface area contributed by atoms with Gasteiger partial charge in [0.1, 0.15) is 0 Å². The van der Waals surface area contributed by atoms with Gasteiger partial charge in [-0.15, -0.1) is 0 Å². The van der Waals surface area contributed by atoms with E-state index in [2.05, 4.69) is 0 Å². The minimum atomic E-state index is -4.79. The zero-order valence-electron chi connectivity index (χ0n) is 8.65. The fourth-order valence-corrected chi connectivity index (χ4v) is 1.27. The molecule has 0 aliphatic heterocycles. The van der Waals surface area contributed by atoms with Crippen LogP contribution < -0.4 is 0 Å². The maximum Gasteiger partial charge on any atom is 0.416 e. The van der Waals surface area contributed by atoms with Gasteiger partial charge in [0.15, 0.2) is 0 Å². The summed E-state index contributed by atoms with van der Waals surface area (Å²) in [6.45, 7) is 1.51. The topological polar surface area (TPSA) is 0 Å². The zero-order valence-corrected chi connectivity index (χ0v) is 8.65. The first-order chi connectivity index (χ1) is 7.64. The monoisotopic (exact) mass is 254 g/mol. The molecule has 0 bridgehead atoms. The standard InChI is InChI=1S/C11H8F6/c1-2-3-7-4-8(10(12,13)14)6-9(5-7)11(15,16)17/h2-6H,1H3/b3-2-. The third-order valence-corrected chi connectivity index (χ3v) is 1.97. The molecule has 6 heteroatoms. The lowest BCUT2D eigenvalue weighted by molar-refractivity contribution is -0.143. The fourth-order valence-electron chi connectivity index (χ4n) is 1.27. The minimum absolute atomic E-state index is 0.104. The van der Waals surface area contributed by atoms with Gasteiger partial charge in [-0.25, -0.2) is 0 Å². The lowest BCUT2D eigenvalue weighted by Crippen LogP contribution is -2.11. The van der Waals surface area contributed by atoms with Gasteiger partial charge in [0.2, 0.25) is 0 Å². The van der Waals surface area contributed by atoms with E-state index in [0.717, 1.165) is 0 Å². The summed E-state index contributed by atoms with van der Waals surface area (Å²) in [5.41, 5.74) is -2.74. The van der Waals surface area contributed by atoms with Crippen LogP contribution in [0.4, 0.5) is 26.3 Å². The number of halogens is 6. The fraction of sp³-hybridized carbons (Fsp3) is 0.273. The summed E-state index contributed by atoms with van der Waals surface area (Å²) in [4.78, 5) is 0. The summed E-state index contributed by atoms with van der Waals surface area (Å²) in [5.74, 6) is 0. The molecule has 0 fully saturated rings. The highest BCUT2D eigenvalue weighted by molar-refractivity contribution is 5.52. The van der Waals surface area contributed by atoms with Crippen LogP contribution in [0.2, 0.25) is 0 Å². The zero-order chi connectivity index (χ0) is 13.3. The van der Waals surface area contributed by atoms with Gasteiger partial charge in [0.05, 0.1) is 11.1 Å². The third kappa shape index (κ3) is 3.51. The van der Waals surface area contributed by atoms with Crippen LogP contribution in [0.3, 0.4) is 0 Å². The van der Waals surface area contributed by atoms with Gasteiger partial charge < -0.3 is 0 Å². The first-order valence-electron chi connectivity index (χ1n) is 4.57. The molecule has 0 atom stereocenters. The maximum atomic E-state index is 12.4. The number of hydrogen-bond donors (Lipinski definition) is 0. The average Bonchev–Trinajstić information content (AvgIpc) is 2.15. The molecule has 0 aromatic heterocycles. The molecule has 17 heavy (non-hydrogen) atoms. The van der Waals surface area contributed by atoms with Crippen molar-refractivity contribution in [2.45, 2.75) is 19.3 Å². The number of allylic oxidation sites excluding steroid dienone is 1. The van der Waals surface area contributed by atoms with Crippen LogP contribution >= 0.6 is 0 Å². The molecule has 0 unspecified atom stereocenters. The number of rotatable bonds is 1. The minimum Gasteiger partial charge on any atom is -0.166 e. The van der Waals surface area contributed by atoms with Gasteiger partial charge in [0.25, 0.3) is 0 Å². The van der Waals surface area contributed by atoms with Crippen LogP contribution in [-0.2, 0) is 12.4 Å². The Balaban J connectivity index is 3.39. The Bertz CT molecular complexity index is 392. The van der Waals surface area contributed by atoms with E-state index in [4.69, 9.17) is 0 Å². The first-order valence-corrected chi connectivity index (χ1v) is 4.57. The van der Waals surface area contributed by atoms with Crippen molar-refractivity contribution in [1.82, 2.24) is 0 Å². The van der Waals surface area contributed by atoms with E-state index in [-0.39, 0.29) is 11.6 Å². The summed E-state index contributed by atoms with van der Waals surface area (Å²) in [7, 11) is 0. The largest absolute Gasteiger partial charge is 0.416 e. The molecule has 0 nitrogen and oxygen atoms in total. The second-order valence-electron chi connectivity index (χ2n) is 3.34. The Hall–Kier alpha value is -1.46. The van der Waals surface area contributed by atoms with E-state index in [1.165, 1.54) is 19.1 Å². The highest BCUT2D eigenvalue weighted by Gasteiger charge is 2.36. The van der Waals surface area contributed by atoms with Gasteiger partial charge in [-0.2, -0.15) is 26.3 Å². The van der Waals surface area contributed by atoms with Crippen molar-refractivity contribution in [1.29, 1.82) is 0 Å². The van der Waals surface area contributed by atoms with Gasteiger partial charge in [0, 0.05) is 0 Å². The molecular formula is C11H8F6. The van der Waals surface area contributed by atoms with Gasteiger partial charge >= 0.3 is 12.4 Å². The molecule has 0 aliphatic rings. The van der Waals surface area contributed by atoms with Crippen molar-refractivity contribution in [2.24, 2.45) is 0 Å². The molecule has 1 aromatic rings. The number of benzene rings is 1. The first kappa shape index (κ1) is 13.6. The van der Waals surface area contributed by atoms with E-state index in [1.54, 1.807) is 0 Å². The maximum absolute atomic E-state index is 12.4. The molecule has 1 rings (SSSR count). The summed E-state index contributed by atoms with van der Waals surface area (Å²) in [6.07, 6.45) is -7.03. The molecule has 0 saturated heterocycles. The molecule has 0 radical (unpaired) electrons. The molecule has 0 spiro atoms. The Morgan fingerprint density at radius 3 is 1.53 bits per heavy atom. The van der Waals surface area contributed by atoms with E-state index in [0.29, 0.717) is 12.1 Å². The van der Waals surface area contributed by atoms with Crippen molar-refractivity contribution >= 4 is 6.08 Å². The van der Waals surface area contributed by atoms with E-state index < -0.39 is 23.5 Å². The van der Waals surface area contributed by atoms with Crippen LogP contribution in [0, 0.1) is 0 Å². The van der Waals surface area contributed by atoms with E-state index >= 15 is 0 Å². The number of hydrogen-bond acceptors (Lipinski definition) is 0. The highest BCUT2D eigenvalue weighted by Crippen LogP contribution is 2.36. The molecule has 0 heterocycles. The SMILES string of the molecule is C/C=C\c1cc(C(F)(F)F)cc(C(F)(F)F)c1. The van der Waals surface area contributed by atoms with Crippen molar-refractivity contribution in [3.8, 4) is 0 Å². The van der Waals surface area contributed by atoms with Crippen molar-refractivity contribution in [3.05, 3.63) is 41.0 Å². The summed E-state index contributed by atoms with van der Waals surface area (Å²) >= 11 is 0. The molecule has 0 amide bonds. The predicted octanol–water partition coefficient (Wildman–Crippen LogP) is 4.76. The van der Waals surface area contributed by atoms with E-state index in [1.807, 2.05) is 0 Å². The summed E-state index contributed by atoms with van der Waals surface area (Å²) in [6, 6.07) is 1.46. The lowest BCUT2D eigenvalue weighted by Gasteiger charge is -2.12. The number of alkyl halides is 6. The molecule has 0 saturated carbocycles. The van der Waals surface area contributed by atoms with Crippen LogP contribution in [-0.4, -0.2) is 0 Å². The quantitative estimate of drug-likeness (QED) is 0.634. The van der Waals surface area contributed by atoms with Crippen LogP contribution in [0.15, 0.2) is 24.3 Å². The van der Waals surface area contributed by atoms with Gasteiger partial charge in [-0.3, -0.25) is 0 Å². The highest BCUT2D eigenvalue weighted by atomic mass is 19.4. The molecular weight excluding hydrogens is 246 g/mol. The average molecular weight is 254 g/mol. The predicted molar refractivity (Wildman–Crippen MR) is 51.2 cm³/mol. The van der Waals surface area contributed by atoms with Crippen molar-refractivity contribution in [2.75, 3.05) is 0 Å². The van der Waals surface area contributed by atoms with E-state index in [9.17, 15) is 26.3 Å². The molecule has 1 aromatic carbocycles. The second-order valence-corrected chi connectivity index (χ2v) is 3.34. The third-order valence-electron chi connectivity index (χ3n) is 1.97. The molecule has 94 valence electrons. The van der Waals surface area contributed by atoms with Crippen LogP contribution in [0.25, 0.3) is 6.08 Å². The Morgan fingerprint density at radius 2 is 1.24 bits per heavy atom. The molecule has 0 aliphatic carbocycles. The Morgan fingerprint density at radius 1 is 0.824 bits per heavy atom. The van der Waals surface area contributed by atoms with Crippen molar-refractivity contribution in [3.63, 3.8) is 0 Å². The molecule has 0 N–H and O–H groups in total. The normalized spacial score (nSPS) is 13.4. The Kier molecular flexibility index (Phi) is 3.54. The summed E-state index contributed by atoms with van der Waals surface area (Å²) in [5, 5.41) is 0. The Labute approximate surface area is 93.6 Å². The van der Waals surface area contributed by atoms with Crippen molar-refractivity contribution < 1.29 is 26.3 Å². The second kappa shape index (κ2) is 4.43. The van der Waals surface area contributed by atoms with Crippen LogP contribution in [0.1, 0.15) is 23.6 Å². The summed E-state index contributed by atoms with van der Waals surface area (Å²) < 4.78 is 74.3. The van der Waals surface area contributed by atoms with Crippen LogP contribution in [0.5, 0.6) is 0 Å².